The van der Waals surface area contributed by atoms with Crippen molar-refractivity contribution in [2.45, 2.75) is 218 Å². The zero-order valence-electron chi connectivity index (χ0n) is 33.1. The van der Waals surface area contributed by atoms with Crippen LogP contribution in [0.25, 0.3) is 0 Å². The van der Waals surface area contributed by atoms with Gasteiger partial charge in [0.05, 0.1) is 0 Å². The number of rotatable bonds is 36. The van der Waals surface area contributed by atoms with Gasteiger partial charge in [0.2, 0.25) is 0 Å². The van der Waals surface area contributed by atoms with Crippen LogP contribution in [0.15, 0.2) is 17.0 Å². The molecular formula is C42H72O8SZr. The Balaban J connectivity index is 3.22. The number of hydrogen-bond donors (Lipinski definition) is 1. The third-order valence-electron chi connectivity index (χ3n) is 10.00. The van der Waals surface area contributed by atoms with Crippen molar-refractivity contribution in [1.29, 1.82) is 0 Å². The Bertz CT molecular complexity index is 1280. The molecule has 1 aromatic carbocycles. The van der Waals surface area contributed by atoms with Crippen LogP contribution in [0.5, 0.6) is 0 Å². The Morgan fingerprint density at radius 1 is 0.500 bits per heavy atom. The molecule has 0 aliphatic rings. The molecule has 1 rings (SSSR count). The van der Waals surface area contributed by atoms with Gasteiger partial charge in [-0.05, 0) is 0 Å². The van der Waals surface area contributed by atoms with Gasteiger partial charge in [0.1, 0.15) is 0 Å². The molecule has 52 heavy (non-hydrogen) atoms. The van der Waals surface area contributed by atoms with E-state index in [4.69, 9.17) is 0 Å². The fourth-order valence-electron chi connectivity index (χ4n) is 6.90. The SMILES string of the molecule is CCCCCCCCCCCC(=O)c1ccc(S(=O)(=O)[O][Zr](=[O])[OH])c(C(=O)CCCCCCCCCCC)c1C(=O)CCCCCCCCCCC. The first kappa shape index (κ1) is 48.8. The van der Waals surface area contributed by atoms with Crippen LogP contribution in [0.2, 0.25) is 0 Å². The van der Waals surface area contributed by atoms with Gasteiger partial charge in [0.25, 0.3) is 0 Å². The number of carbonyl (C=O) groups excluding carboxylic acids is 3. The van der Waals surface area contributed by atoms with Crippen molar-refractivity contribution >= 4 is 27.5 Å². The average molecular weight is 828 g/mol. The minimum atomic E-state index is -4.90. The van der Waals surface area contributed by atoms with E-state index in [1.165, 1.54) is 89.5 Å². The van der Waals surface area contributed by atoms with Gasteiger partial charge in [-0.1, -0.05) is 97.8 Å². The molecular weight excluding hydrogens is 756 g/mol. The summed E-state index contributed by atoms with van der Waals surface area (Å²) in [7, 11) is -4.82. The Labute approximate surface area is 326 Å². The van der Waals surface area contributed by atoms with Crippen LogP contribution < -0.4 is 0 Å². The second kappa shape index (κ2) is 31.0. The summed E-state index contributed by atoms with van der Waals surface area (Å²) in [6.07, 6.45) is 28.8. The summed E-state index contributed by atoms with van der Waals surface area (Å²) < 4.78 is 52.2. The summed E-state index contributed by atoms with van der Waals surface area (Å²) in [4.78, 5) is 41.1. The second-order valence-electron chi connectivity index (χ2n) is 14.7. The molecule has 0 fully saturated rings. The third-order valence-corrected chi connectivity index (χ3v) is 13.9. The summed E-state index contributed by atoms with van der Waals surface area (Å²) in [5.41, 5.74) is -0.428. The zero-order valence-corrected chi connectivity index (χ0v) is 36.4. The van der Waals surface area contributed by atoms with E-state index in [1.807, 2.05) is 0 Å². The van der Waals surface area contributed by atoms with Gasteiger partial charge >= 0.3 is 230 Å². The molecule has 1 N–H and O–H groups in total. The summed E-state index contributed by atoms with van der Waals surface area (Å²) >= 11 is -4.90. The van der Waals surface area contributed by atoms with E-state index in [9.17, 15) is 28.8 Å². The molecule has 0 bridgehead atoms. The Hall–Kier alpha value is -1.22. The molecule has 10 heteroatoms. The minimum Gasteiger partial charge on any atom is -0.0654 e. The molecule has 0 amide bonds. The first-order valence-electron chi connectivity index (χ1n) is 21.0. The van der Waals surface area contributed by atoms with Gasteiger partial charge in [0.15, 0.2) is 0 Å². The van der Waals surface area contributed by atoms with E-state index >= 15 is 0 Å². The molecule has 0 radical (unpaired) electrons. The van der Waals surface area contributed by atoms with Crippen LogP contribution in [-0.2, 0) is 37.8 Å². The Morgan fingerprint density at radius 2 is 0.808 bits per heavy atom. The molecule has 0 saturated carbocycles. The van der Waals surface area contributed by atoms with E-state index in [1.54, 1.807) is 0 Å². The molecule has 0 atom stereocenters. The fraction of sp³-hybridized carbons (Fsp3) is 0.786. The standard InChI is InChI=1S/C42H72O6S.H2O.O.Zr/c1-4-7-10-13-16-19-22-25-28-31-37(43)36-34-35-40(49(46,47)48)42(39(45)33-30-27-24-21-18-15-12-9-6-3)41(36)38(44)32-29-26-23-20-17-14-11-8-5-2;;;/h34-35H,4-33H2,1-3H3,(H,46,47,48);1H2;;/q;;;+2/p-2. The number of benzene rings is 1. The minimum absolute atomic E-state index is 0.00861. The summed E-state index contributed by atoms with van der Waals surface area (Å²) in [5.74, 6) is -1.27. The second-order valence-corrected chi connectivity index (χ2v) is 18.7. The maximum absolute atomic E-state index is 14.0. The number of hydrogen-bond acceptors (Lipinski definition) is 7. The molecule has 0 unspecified atom stereocenters. The first-order chi connectivity index (χ1) is 25.1. The molecule has 0 saturated heterocycles. The molecule has 1 aromatic rings. The summed E-state index contributed by atoms with van der Waals surface area (Å²) in [6.45, 7) is 6.58. The van der Waals surface area contributed by atoms with E-state index in [2.05, 4.69) is 23.0 Å². The first-order valence-corrected chi connectivity index (χ1v) is 25.6. The van der Waals surface area contributed by atoms with Gasteiger partial charge in [0, 0.05) is 0 Å². The summed E-state index contributed by atoms with van der Waals surface area (Å²) in [6, 6.07) is 2.42. The van der Waals surface area contributed by atoms with Crippen molar-refractivity contribution in [3.8, 4) is 0 Å². The Kier molecular flexibility index (Phi) is 29.1. The van der Waals surface area contributed by atoms with Crippen molar-refractivity contribution in [1.82, 2.24) is 0 Å². The fourth-order valence-corrected chi connectivity index (χ4v) is 9.93. The van der Waals surface area contributed by atoms with Crippen molar-refractivity contribution in [3.05, 3.63) is 28.8 Å². The van der Waals surface area contributed by atoms with Gasteiger partial charge in [-0.25, -0.2) is 0 Å². The van der Waals surface area contributed by atoms with E-state index < -0.39 is 49.2 Å². The number of unbranched alkanes of at least 4 members (excludes halogenated alkanes) is 24. The molecule has 0 aliphatic heterocycles. The van der Waals surface area contributed by atoms with Crippen LogP contribution >= 0.6 is 0 Å². The average Bonchev–Trinajstić information content (AvgIpc) is 3.11. The smallest absolute Gasteiger partial charge is 0.0654 e. The normalized spacial score (nSPS) is 11.6. The van der Waals surface area contributed by atoms with Crippen molar-refractivity contribution in [2.24, 2.45) is 0 Å². The van der Waals surface area contributed by atoms with Crippen LogP contribution in [0.3, 0.4) is 0 Å². The van der Waals surface area contributed by atoms with Gasteiger partial charge in [-0.2, -0.15) is 0 Å². The van der Waals surface area contributed by atoms with Crippen molar-refractivity contribution in [3.63, 3.8) is 0 Å². The molecule has 0 aliphatic carbocycles. The number of Topliss-reactive ketones (excluding diaryl/α,β-unsaturated/α-hetero) is 3. The number of ketones is 3. The maximum atomic E-state index is 14.0. The quantitative estimate of drug-likeness (QED) is 0.0522. The van der Waals surface area contributed by atoms with Crippen LogP contribution in [0, 0.1) is 0 Å². The number of carbonyl (C=O) groups is 3. The van der Waals surface area contributed by atoms with E-state index in [0.717, 1.165) is 76.7 Å². The van der Waals surface area contributed by atoms with Crippen molar-refractivity contribution in [2.75, 3.05) is 0 Å². The van der Waals surface area contributed by atoms with Gasteiger partial charge in [-0.15, -0.1) is 0 Å². The van der Waals surface area contributed by atoms with Crippen LogP contribution in [0.1, 0.15) is 244 Å². The molecule has 0 spiro atoms. The molecule has 0 aromatic heterocycles. The molecule has 0 heterocycles. The zero-order chi connectivity index (χ0) is 38.5. The summed E-state index contributed by atoms with van der Waals surface area (Å²) in [5, 5.41) is 0. The predicted molar refractivity (Wildman–Crippen MR) is 206 cm³/mol. The topological polar surface area (TPSA) is 132 Å². The molecule has 8 nitrogen and oxygen atoms in total. The molecule has 298 valence electrons. The van der Waals surface area contributed by atoms with Gasteiger partial charge < -0.3 is 0 Å². The van der Waals surface area contributed by atoms with E-state index in [-0.39, 0.29) is 41.7 Å². The van der Waals surface area contributed by atoms with Crippen LogP contribution in [0.4, 0.5) is 0 Å². The van der Waals surface area contributed by atoms with E-state index in [0.29, 0.717) is 19.3 Å². The monoisotopic (exact) mass is 826 g/mol. The predicted octanol–water partition coefficient (Wildman–Crippen LogP) is 12.5. The Morgan fingerprint density at radius 3 is 1.15 bits per heavy atom. The van der Waals surface area contributed by atoms with Crippen LogP contribution in [-0.4, -0.2) is 29.0 Å². The van der Waals surface area contributed by atoms with Gasteiger partial charge in [-0.3, -0.25) is 0 Å². The third kappa shape index (κ3) is 21.6. The van der Waals surface area contributed by atoms with Crippen molar-refractivity contribution < 1.29 is 53.7 Å².